The van der Waals surface area contributed by atoms with E-state index in [1.807, 2.05) is 35.2 Å². The van der Waals surface area contributed by atoms with E-state index in [1.54, 1.807) is 13.3 Å². The number of nitrogens with zero attached hydrogens (tertiary/aromatic N) is 5. The number of alkyl halides is 1. The molecule has 0 spiro atoms. The van der Waals surface area contributed by atoms with Gasteiger partial charge in [0.05, 0.1) is 24.9 Å². The lowest BCUT2D eigenvalue weighted by Gasteiger charge is -2.55. The van der Waals surface area contributed by atoms with Crippen LogP contribution in [0, 0.1) is 10.8 Å². The number of hydrogen-bond donors (Lipinski definition) is 0. The van der Waals surface area contributed by atoms with Crippen LogP contribution in [-0.2, 0) is 10.2 Å². The number of carbonyl (C=O) groups excluding carboxylic acids is 1. The van der Waals surface area contributed by atoms with Gasteiger partial charge in [0.15, 0.2) is 5.82 Å². The van der Waals surface area contributed by atoms with Crippen molar-refractivity contribution in [3.8, 4) is 17.5 Å². The second kappa shape index (κ2) is 10.2. The molecule has 3 aromatic rings. The zero-order valence-corrected chi connectivity index (χ0v) is 23.8. The fraction of sp³-hybridized carbons (Fsp3) is 0.594. The Bertz CT molecular complexity index is 1410. The van der Waals surface area contributed by atoms with E-state index in [9.17, 15) is 9.18 Å². The number of halogens is 1. The Hall–Kier alpha value is -3.36. The molecular formula is C32H38FN5O3. The van der Waals surface area contributed by atoms with Gasteiger partial charge in [-0.3, -0.25) is 9.18 Å². The Morgan fingerprint density at radius 2 is 1.85 bits per heavy atom. The van der Waals surface area contributed by atoms with Gasteiger partial charge in [-0.2, -0.15) is 9.97 Å². The second-order valence-corrected chi connectivity index (χ2v) is 13.0. The molecule has 1 aromatic carbocycles. The van der Waals surface area contributed by atoms with E-state index < -0.39 is 12.1 Å². The molecule has 0 radical (unpaired) electrons. The molecule has 5 aliphatic rings. The third-order valence-corrected chi connectivity index (χ3v) is 10.6. The highest BCUT2D eigenvalue weighted by Crippen LogP contribution is 2.58. The fourth-order valence-electron chi connectivity index (χ4n) is 7.54. The largest absolute Gasteiger partial charge is 0.467 e. The molecule has 2 aromatic heterocycles. The highest BCUT2D eigenvalue weighted by molar-refractivity contribution is 5.98. The third-order valence-electron chi connectivity index (χ3n) is 10.6. The second-order valence-electron chi connectivity index (χ2n) is 13.0. The summed E-state index contributed by atoms with van der Waals surface area (Å²) in [7, 11) is 1.60. The molecule has 2 bridgehead atoms. The number of methoxy groups -OCH3 is 1. The normalized spacial score (nSPS) is 26.4. The standard InChI is InChI=1S/C32H38FN5O3/c1-40-29-34-19-8-25(35-29)31-14-11-30(12-15-31,13-16-31)21-38(28(39)32(17-18-33)9-3-10-32)24-5-2-4-23(20-24)27-36-26(37-41-27)22-6-7-22/h2,4-5,8,19-20,22H,3,6-7,9-18,21H2,1H3. The van der Waals surface area contributed by atoms with Crippen molar-refractivity contribution >= 4 is 11.6 Å². The lowest BCUT2D eigenvalue weighted by Crippen LogP contribution is -2.55. The van der Waals surface area contributed by atoms with E-state index in [4.69, 9.17) is 14.2 Å². The molecule has 5 aliphatic carbocycles. The summed E-state index contributed by atoms with van der Waals surface area (Å²) in [5.74, 6) is 1.73. The molecule has 9 heteroatoms. The molecule has 41 heavy (non-hydrogen) atoms. The maximum Gasteiger partial charge on any atom is 0.316 e. The van der Waals surface area contributed by atoms with E-state index in [-0.39, 0.29) is 16.7 Å². The smallest absolute Gasteiger partial charge is 0.316 e. The number of fused-ring (bicyclic) bond motifs is 3. The van der Waals surface area contributed by atoms with Crippen LogP contribution in [0.5, 0.6) is 6.01 Å². The van der Waals surface area contributed by atoms with E-state index in [2.05, 4.69) is 15.1 Å². The SMILES string of the molecule is COc1nccc(C23CCC(CN(C(=O)C4(CCF)CCC4)c4cccc(-c5nc(C6CC6)no5)c4)(CC2)CC3)n1. The van der Waals surface area contributed by atoms with E-state index >= 15 is 0 Å². The predicted octanol–water partition coefficient (Wildman–Crippen LogP) is 6.57. The lowest BCUT2D eigenvalue weighted by atomic mass is 9.52. The first kappa shape index (κ1) is 26.5. The molecule has 0 unspecified atom stereocenters. The van der Waals surface area contributed by atoms with Gasteiger partial charge < -0.3 is 14.2 Å². The zero-order valence-electron chi connectivity index (χ0n) is 23.8. The summed E-state index contributed by atoms with van der Waals surface area (Å²) in [5.41, 5.74) is 2.17. The average Bonchev–Trinajstić information content (AvgIpc) is 3.74. The van der Waals surface area contributed by atoms with Crippen LogP contribution in [-0.4, -0.2) is 46.3 Å². The first-order valence-corrected chi connectivity index (χ1v) is 15.2. The first-order valence-electron chi connectivity index (χ1n) is 15.2. The molecule has 8 nitrogen and oxygen atoms in total. The number of carbonyl (C=O) groups is 1. The molecule has 1 amide bonds. The topological polar surface area (TPSA) is 94.2 Å². The molecule has 216 valence electrons. The lowest BCUT2D eigenvalue weighted by molar-refractivity contribution is -0.134. The van der Waals surface area contributed by atoms with Crippen molar-refractivity contribution in [3.05, 3.63) is 48.0 Å². The highest BCUT2D eigenvalue weighted by Gasteiger charge is 2.53. The van der Waals surface area contributed by atoms with Crippen molar-refractivity contribution in [1.29, 1.82) is 0 Å². The van der Waals surface area contributed by atoms with Crippen molar-refractivity contribution in [2.45, 2.75) is 88.4 Å². The number of ether oxygens (including phenoxy) is 1. The monoisotopic (exact) mass is 559 g/mol. The van der Waals surface area contributed by atoms with Crippen LogP contribution < -0.4 is 9.64 Å². The number of benzene rings is 1. The minimum Gasteiger partial charge on any atom is -0.467 e. The molecule has 5 saturated carbocycles. The summed E-state index contributed by atoms with van der Waals surface area (Å²) in [6.45, 7) is 0.172. The van der Waals surface area contributed by atoms with Crippen LogP contribution in [0.15, 0.2) is 41.1 Å². The van der Waals surface area contributed by atoms with Crippen LogP contribution in [0.4, 0.5) is 10.1 Å². The van der Waals surface area contributed by atoms with E-state index in [0.29, 0.717) is 30.8 Å². The summed E-state index contributed by atoms with van der Waals surface area (Å²) < 4.78 is 24.7. The van der Waals surface area contributed by atoms with Crippen LogP contribution in [0.3, 0.4) is 0 Å². The molecule has 0 saturated heterocycles. The number of hydrogen-bond acceptors (Lipinski definition) is 7. The summed E-state index contributed by atoms with van der Waals surface area (Å²) in [6.07, 6.45) is 12.9. The van der Waals surface area contributed by atoms with Crippen LogP contribution in [0.25, 0.3) is 11.5 Å². The van der Waals surface area contributed by atoms with E-state index in [0.717, 1.165) is 93.4 Å². The van der Waals surface area contributed by atoms with E-state index in [1.165, 1.54) is 0 Å². The van der Waals surface area contributed by atoms with Crippen molar-refractivity contribution in [2.75, 3.05) is 25.2 Å². The van der Waals surface area contributed by atoms with Crippen molar-refractivity contribution in [1.82, 2.24) is 20.1 Å². The summed E-state index contributed by atoms with van der Waals surface area (Å²) >= 11 is 0. The third kappa shape index (κ3) is 4.71. The molecule has 0 aliphatic heterocycles. The zero-order chi connectivity index (χ0) is 28.1. The summed E-state index contributed by atoms with van der Waals surface area (Å²) in [5, 5.41) is 4.19. The maximum absolute atomic E-state index is 14.4. The maximum atomic E-state index is 14.4. The van der Waals surface area contributed by atoms with Gasteiger partial charge in [0.2, 0.25) is 5.91 Å². The van der Waals surface area contributed by atoms with Crippen molar-refractivity contribution < 1.29 is 18.4 Å². The number of anilines is 1. The van der Waals surface area contributed by atoms with Gasteiger partial charge in [-0.15, -0.1) is 0 Å². The number of amides is 1. The quantitative estimate of drug-likeness (QED) is 0.277. The van der Waals surface area contributed by atoms with Gasteiger partial charge >= 0.3 is 6.01 Å². The van der Waals surface area contributed by atoms with Crippen LogP contribution in [0.2, 0.25) is 0 Å². The fourth-order valence-corrected chi connectivity index (χ4v) is 7.54. The minimum absolute atomic E-state index is 0.0226. The molecule has 0 atom stereocenters. The van der Waals surface area contributed by atoms with Gasteiger partial charge in [-0.25, -0.2) is 4.98 Å². The Labute approximate surface area is 240 Å². The van der Waals surface area contributed by atoms with Crippen LogP contribution >= 0.6 is 0 Å². The van der Waals surface area contributed by atoms with Crippen LogP contribution in [0.1, 0.15) is 94.5 Å². The minimum atomic E-state index is -0.602. The number of rotatable bonds is 10. The Balaban J connectivity index is 1.18. The van der Waals surface area contributed by atoms with Gasteiger partial charge in [-0.05, 0) is 100 Å². The van der Waals surface area contributed by atoms with Gasteiger partial charge in [0.25, 0.3) is 5.89 Å². The molecular weight excluding hydrogens is 521 g/mol. The summed E-state index contributed by atoms with van der Waals surface area (Å²) in [6, 6.07) is 10.4. The highest BCUT2D eigenvalue weighted by atomic mass is 19.1. The van der Waals surface area contributed by atoms with Crippen molar-refractivity contribution in [3.63, 3.8) is 0 Å². The van der Waals surface area contributed by atoms with Gasteiger partial charge in [0.1, 0.15) is 0 Å². The molecule has 2 heterocycles. The number of aromatic nitrogens is 4. The molecule has 8 rings (SSSR count). The predicted molar refractivity (Wildman–Crippen MR) is 151 cm³/mol. The average molecular weight is 560 g/mol. The first-order chi connectivity index (χ1) is 20.0. The molecule has 0 N–H and O–H groups in total. The van der Waals surface area contributed by atoms with Crippen molar-refractivity contribution in [2.24, 2.45) is 10.8 Å². The van der Waals surface area contributed by atoms with Gasteiger partial charge in [0, 0.05) is 35.3 Å². The molecule has 5 fully saturated rings. The Morgan fingerprint density at radius 1 is 1.07 bits per heavy atom. The Kier molecular flexibility index (Phi) is 6.58. The summed E-state index contributed by atoms with van der Waals surface area (Å²) in [4.78, 5) is 29.9. The van der Waals surface area contributed by atoms with Gasteiger partial charge in [-0.1, -0.05) is 17.6 Å². The Morgan fingerprint density at radius 3 is 2.51 bits per heavy atom.